The van der Waals surface area contributed by atoms with E-state index in [-0.39, 0.29) is 12.5 Å². The largest absolute Gasteiger partial charge is 0.481 e. The van der Waals surface area contributed by atoms with E-state index in [4.69, 9.17) is 10.4 Å². The quantitative estimate of drug-likeness (QED) is 0.871. The second-order valence-electron chi connectivity index (χ2n) is 5.03. The van der Waals surface area contributed by atoms with Gasteiger partial charge in [-0.3, -0.25) is 9.59 Å². The van der Waals surface area contributed by atoms with Gasteiger partial charge < -0.3 is 10.0 Å². The van der Waals surface area contributed by atoms with E-state index in [1.54, 1.807) is 36.1 Å². The molecule has 0 bridgehead atoms. The molecule has 0 spiro atoms. The molecule has 19 heavy (non-hydrogen) atoms. The molecular formula is C14H14N2O3. The van der Waals surface area contributed by atoms with Crippen LogP contribution in [0.4, 0.5) is 0 Å². The number of nitriles is 1. The summed E-state index contributed by atoms with van der Waals surface area (Å²) in [7, 11) is 0. The zero-order valence-electron chi connectivity index (χ0n) is 10.6. The normalized spacial score (nSPS) is 22.0. The van der Waals surface area contributed by atoms with Crippen LogP contribution < -0.4 is 0 Å². The Morgan fingerprint density at radius 2 is 2.00 bits per heavy atom. The third kappa shape index (κ3) is 2.43. The number of carbonyl (C=O) groups excluding carboxylic acids is 1. The molecule has 1 N–H and O–H groups in total. The highest BCUT2D eigenvalue weighted by atomic mass is 16.4. The summed E-state index contributed by atoms with van der Waals surface area (Å²) < 4.78 is 0. The van der Waals surface area contributed by atoms with Gasteiger partial charge in [-0.15, -0.1) is 0 Å². The van der Waals surface area contributed by atoms with E-state index < -0.39 is 11.4 Å². The lowest BCUT2D eigenvalue weighted by molar-refractivity contribution is -0.147. The SMILES string of the molecule is CC1(C(=O)O)CCN(C(=O)c2ccc(C#N)cc2)C1. The Bertz CT molecular complexity index is 559. The number of benzene rings is 1. The highest BCUT2D eigenvalue weighted by molar-refractivity contribution is 5.95. The molecule has 1 aliphatic rings. The fourth-order valence-corrected chi connectivity index (χ4v) is 2.18. The number of carbonyl (C=O) groups is 2. The number of rotatable bonds is 2. The minimum Gasteiger partial charge on any atom is -0.481 e. The van der Waals surface area contributed by atoms with Crippen LogP contribution in [0.25, 0.3) is 0 Å². The van der Waals surface area contributed by atoms with Gasteiger partial charge >= 0.3 is 5.97 Å². The van der Waals surface area contributed by atoms with E-state index in [0.717, 1.165) is 0 Å². The predicted molar refractivity (Wildman–Crippen MR) is 67.4 cm³/mol. The molecule has 1 saturated heterocycles. The van der Waals surface area contributed by atoms with Gasteiger partial charge in [-0.1, -0.05) is 0 Å². The van der Waals surface area contributed by atoms with Crippen LogP contribution in [0.15, 0.2) is 24.3 Å². The Hall–Kier alpha value is -2.35. The molecule has 98 valence electrons. The lowest BCUT2D eigenvalue weighted by atomic mass is 9.90. The summed E-state index contributed by atoms with van der Waals surface area (Å²) in [5, 5.41) is 17.8. The highest BCUT2D eigenvalue weighted by Crippen LogP contribution is 2.30. The summed E-state index contributed by atoms with van der Waals surface area (Å²) in [6.07, 6.45) is 0.463. The van der Waals surface area contributed by atoms with Gasteiger partial charge in [-0.2, -0.15) is 5.26 Å². The predicted octanol–water partition coefficient (Wildman–Crippen LogP) is 1.50. The van der Waals surface area contributed by atoms with Crippen molar-refractivity contribution in [3.8, 4) is 6.07 Å². The van der Waals surface area contributed by atoms with Gasteiger partial charge in [-0.25, -0.2) is 0 Å². The van der Waals surface area contributed by atoms with E-state index in [9.17, 15) is 9.59 Å². The number of likely N-dealkylation sites (tertiary alicyclic amines) is 1. The first kappa shape index (κ1) is 13.1. The van der Waals surface area contributed by atoms with Crippen LogP contribution in [0, 0.1) is 16.7 Å². The molecule has 5 heteroatoms. The van der Waals surface area contributed by atoms with Crippen molar-refractivity contribution in [3.63, 3.8) is 0 Å². The monoisotopic (exact) mass is 258 g/mol. The molecule has 0 aromatic heterocycles. The Balaban J connectivity index is 2.13. The molecule has 1 aromatic carbocycles. The first-order valence-corrected chi connectivity index (χ1v) is 5.99. The molecule has 0 aliphatic carbocycles. The molecular weight excluding hydrogens is 244 g/mol. The Morgan fingerprint density at radius 3 is 2.47 bits per heavy atom. The molecule has 1 heterocycles. The second-order valence-corrected chi connectivity index (χ2v) is 5.03. The van der Waals surface area contributed by atoms with Crippen molar-refractivity contribution in [3.05, 3.63) is 35.4 Å². The average Bonchev–Trinajstić information content (AvgIpc) is 2.82. The fourth-order valence-electron chi connectivity index (χ4n) is 2.18. The fraction of sp³-hybridized carbons (Fsp3) is 0.357. The number of hydrogen-bond donors (Lipinski definition) is 1. The minimum absolute atomic E-state index is 0.186. The lowest BCUT2D eigenvalue weighted by Gasteiger charge is -2.20. The highest BCUT2D eigenvalue weighted by Gasteiger charge is 2.42. The van der Waals surface area contributed by atoms with E-state index in [1.165, 1.54) is 0 Å². The number of nitrogens with zero attached hydrogens (tertiary/aromatic N) is 2. The van der Waals surface area contributed by atoms with Gasteiger partial charge in [0.25, 0.3) is 5.91 Å². The van der Waals surface area contributed by atoms with E-state index in [0.29, 0.717) is 24.1 Å². The molecule has 1 amide bonds. The van der Waals surface area contributed by atoms with Crippen molar-refractivity contribution >= 4 is 11.9 Å². The van der Waals surface area contributed by atoms with Crippen LogP contribution in [-0.2, 0) is 4.79 Å². The summed E-state index contributed by atoms with van der Waals surface area (Å²) >= 11 is 0. The standard InChI is InChI=1S/C14H14N2O3/c1-14(13(18)19)6-7-16(9-14)12(17)11-4-2-10(8-15)3-5-11/h2-5H,6-7,9H2,1H3,(H,18,19). The first-order chi connectivity index (χ1) is 8.96. The van der Waals surface area contributed by atoms with Crippen molar-refractivity contribution < 1.29 is 14.7 Å². The number of aliphatic carboxylic acids is 1. The van der Waals surface area contributed by atoms with Crippen LogP contribution >= 0.6 is 0 Å². The number of carboxylic acids is 1. The van der Waals surface area contributed by atoms with Gasteiger partial charge in [-0.05, 0) is 37.6 Å². The molecule has 1 aromatic rings. The summed E-state index contributed by atoms with van der Waals surface area (Å²) in [5.74, 6) is -1.06. The van der Waals surface area contributed by atoms with Gasteiger partial charge in [0.1, 0.15) is 0 Å². The summed E-state index contributed by atoms with van der Waals surface area (Å²) in [5.41, 5.74) is 0.115. The average molecular weight is 258 g/mol. The third-order valence-corrected chi connectivity index (χ3v) is 3.54. The first-order valence-electron chi connectivity index (χ1n) is 5.99. The molecule has 0 radical (unpaired) electrons. The van der Waals surface area contributed by atoms with Gasteiger partial charge in [0.15, 0.2) is 0 Å². The van der Waals surface area contributed by atoms with Crippen molar-refractivity contribution in [1.29, 1.82) is 5.26 Å². The number of amides is 1. The summed E-state index contributed by atoms with van der Waals surface area (Å²) in [6, 6.07) is 8.34. The Kier molecular flexibility index (Phi) is 3.26. The van der Waals surface area contributed by atoms with Crippen LogP contribution in [-0.4, -0.2) is 35.0 Å². The molecule has 1 aliphatic heterocycles. The van der Waals surface area contributed by atoms with E-state index >= 15 is 0 Å². The van der Waals surface area contributed by atoms with Gasteiger partial charge in [0.2, 0.25) is 0 Å². The topological polar surface area (TPSA) is 81.4 Å². The van der Waals surface area contributed by atoms with E-state index in [1.807, 2.05) is 6.07 Å². The smallest absolute Gasteiger partial charge is 0.311 e. The molecule has 2 rings (SSSR count). The Morgan fingerprint density at radius 1 is 1.37 bits per heavy atom. The van der Waals surface area contributed by atoms with Crippen molar-refractivity contribution in [2.24, 2.45) is 5.41 Å². The van der Waals surface area contributed by atoms with Crippen molar-refractivity contribution in [1.82, 2.24) is 4.90 Å². The zero-order valence-corrected chi connectivity index (χ0v) is 10.6. The van der Waals surface area contributed by atoms with Crippen LogP contribution in [0.1, 0.15) is 29.3 Å². The van der Waals surface area contributed by atoms with Crippen molar-refractivity contribution in [2.75, 3.05) is 13.1 Å². The van der Waals surface area contributed by atoms with Crippen LogP contribution in [0.5, 0.6) is 0 Å². The molecule has 0 saturated carbocycles. The maximum atomic E-state index is 12.2. The van der Waals surface area contributed by atoms with Crippen LogP contribution in [0.3, 0.4) is 0 Å². The number of carboxylic acid groups (broad SMARTS) is 1. The van der Waals surface area contributed by atoms with Gasteiger partial charge in [0.05, 0.1) is 17.0 Å². The molecule has 5 nitrogen and oxygen atoms in total. The third-order valence-electron chi connectivity index (χ3n) is 3.54. The molecule has 1 fully saturated rings. The number of hydrogen-bond acceptors (Lipinski definition) is 3. The van der Waals surface area contributed by atoms with Gasteiger partial charge in [0, 0.05) is 18.7 Å². The lowest BCUT2D eigenvalue weighted by Crippen LogP contribution is -2.34. The Labute approximate surface area is 111 Å². The maximum absolute atomic E-state index is 12.2. The summed E-state index contributed by atoms with van der Waals surface area (Å²) in [4.78, 5) is 24.9. The van der Waals surface area contributed by atoms with Crippen LogP contribution in [0.2, 0.25) is 0 Å². The van der Waals surface area contributed by atoms with Crippen molar-refractivity contribution in [2.45, 2.75) is 13.3 Å². The summed E-state index contributed by atoms with van der Waals surface area (Å²) in [6.45, 7) is 2.32. The minimum atomic E-state index is -0.873. The molecule has 1 unspecified atom stereocenters. The molecule has 1 atom stereocenters. The zero-order chi connectivity index (χ0) is 14.0. The van der Waals surface area contributed by atoms with E-state index in [2.05, 4.69) is 0 Å². The maximum Gasteiger partial charge on any atom is 0.311 e. The second kappa shape index (κ2) is 4.73.